The molecule has 0 unspecified atom stereocenters. The summed E-state index contributed by atoms with van der Waals surface area (Å²) in [6, 6.07) is 11.8. The minimum atomic E-state index is 0.564. The van der Waals surface area contributed by atoms with Crippen molar-refractivity contribution in [2.24, 2.45) is 0 Å². The number of methoxy groups -OCH3 is 3. The maximum absolute atomic E-state index is 5.42. The Labute approximate surface area is 155 Å². The fourth-order valence-corrected chi connectivity index (χ4v) is 3.10. The van der Waals surface area contributed by atoms with Crippen molar-refractivity contribution in [3.8, 4) is 17.2 Å². The SMILES string of the molecule is COc1cc(Nc2cc(C)nc3ccc(Br)cc23)cc(OC)c1OC. The summed E-state index contributed by atoms with van der Waals surface area (Å²) in [5.41, 5.74) is 3.65. The number of aryl methyl sites for hydroxylation is 1. The lowest BCUT2D eigenvalue weighted by Gasteiger charge is -2.16. The van der Waals surface area contributed by atoms with Gasteiger partial charge in [-0.2, -0.15) is 0 Å². The van der Waals surface area contributed by atoms with Gasteiger partial charge in [0.25, 0.3) is 0 Å². The van der Waals surface area contributed by atoms with Crippen LogP contribution >= 0.6 is 15.9 Å². The third-order valence-electron chi connectivity index (χ3n) is 3.84. The van der Waals surface area contributed by atoms with E-state index in [1.165, 1.54) is 0 Å². The van der Waals surface area contributed by atoms with Gasteiger partial charge in [-0.25, -0.2) is 0 Å². The molecular weight excluding hydrogens is 384 g/mol. The molecule has 130 valence electrons. The van der Waals surface area contributed by atoms with Gasteiger partial charge in [0, 0.05) is 39.1 Å². The number of ether oxygens (including phenoxy) is 3. The quantitative estimate of drug-likeness (QED) is 0.644. The smallest absolute Gasteiger partial charge is 0.203 e. The van der Waals surface area contributed by atoms with Crippen molar-refractivity contribution in [2.45, 2.75) is 6.92 Å². The van der Waals surface area contributed by atoms with Crippen LogP contribution in [0, 0.1) is 6.92 Å². The molecule has 5 nitrogen and oxygen atoms in total. The van der Waals surface area contributed by atoms with Crippen LogP contribution in [0.4, 0.5) is 11.4 Å². The van der Waals surface area contributed by atoms with Crippen LogP contribution < -0.4 is 19.5 Å². The van der Waals surface area contributed by atoms with E-state index in [1.807, 2.05) is 43.3 Å². The van der Waals surface area contributed by atoms with E-state index in [9.17, 15) is 0 Å². The third kappa shape index (κ3) is 3.49. The molecule has 0 aliphatic rings. The molecular formula is C19H19BrN2O3. The summed E-state index contributed by atoms with van der Waals surface area (Å²) in [6.07, 6.45) is 0. The molecule has 0 amide bonds. The van der Waals surface area contributed by atoms with Crippen molar-refractivity contribution in [1.29, 1.82) is 0 Å². The topological polar surface area (TPSA) is 52.6 Å². The van der Waals surface area contributed by atoms with Crippen LogP contribution in [0.15, 0.2) is 40.9 Å². The van der Waals surface area contributed by atoms with Crippen LogP contribution in [0.3, 0.4) is 0 Å². The lowest BCUT2D eigenvalue weighted by molar-refractivity contribution is 0.324. The van der Waals surface area contributed by atoms with Gasteiger partial charge in [0.1, 0.15) is 0 Å². The molecule has 0 saturated carbocycles. The number of nitrogens with zero attached hydrogens (tertiary/aromatic N) is 1. The Bertz CT molecular complexity index is 903. The molecule has 0 spiro atoms. The Hall–Kier alpha value is -2.47. The predicted octanol–water partition coefficient (Wildman–Crippen LogP) is 5.08. The normalized spacial score (nSPS) is 10.6. The van der Waals surface area contributed by atoms with E-state index in [0.717, 1.165) is 32.4 Å². The van der Waals surface area contributed by atoms with Crippen LogP contribution in [0.25, 0.3) is 10.9 Å². The van der Waals surface area contributed by atoms with Crippen molar-refractivity contribution < 1.29 is 14.2 Å². The summed E-state index contributed by atoms with van der Waals surface area (Å²) in [5, 5.41) is 4.46. The fraction of sp³-hybridized carbons (Fsp3) is 0.211. The summed E-state index contributed by atoms with van der Waals surface area (Å²) in [6.45, 7) is 1.97. The Morgan fingerprint density at radius 1 is 0.920 bits per heavy atom. The average molecular weight is 403 g/mol. The van der Waals surface area contributed by atoms with Crippen molar-refractivity contribution in [2.75, 3.05) is 26.6 Å². The van der Waals surface area contributed by atoms with E-state index in [4.69, 9.17) is 14.2 Å². The number of fused-ring (bicyclic) bond motifs is 1. The molecule has 2 aromatic carbocycles. The van der Waals surface area contributed by atoms with Gasteiger partial charge in [0.15, 0.2) is 11.5 Å². The van der Waals surface area contributed by atoms with E-state index in [0.29, 0.717) is 17.2 Å². The summed E-state index contributed by atoms with van der Waals surface area (Å²) in [5.74, 6) is 1.76. The number of rotatable bonds is 5. The van der Waals surface area contributed by atoms with Crippen LogP contribution in [0.5, 0.6) is 17.2 Å². The molecule has 0 saturated heterocycles. The van der Waals surface area contributed by atoms with Gasteiger partial charge in [-0.15, -0.1) is 0 Å². The largest absolute Gasteiger partial charge is 0.493 e. The van der Waals surface area contributed by atoms with E-state index in [2.05, 4.69) is 26.2 Å². The first-order chi connectivity index (χ1) is 12.0. The molecule has 1 aromatic heterocycles. The summed E-state index contributed by atoms with van der Waals surface area (Å²) >= 11 is 3.52. The van der Waals surface area contributed by atoms with E-state index < -0.39 is 0 Å². The second-order valence-electron chi connectivity index (χ2n) is 5.51. The molecule has 25 heavy (non-hydrogen) atoms. The highest BCUT2D eigenvalue weighted by Crippen LogP contribution is 2.41. The van der Waals surface area contributed by atoms with Gasteiger partial charge in [0.05, 0.1) is 26.8 Å². The third-order valence-corrected chi connectivity index (χ3v) is 4.34. The van der Waals surface area contributed by atoms with Crippen LogP contribution in [0.2, 0.25) is 0 Å². The number of anilines is 2. The van der Waals surface area contributed by atoms with Crippen LogP contribution in [-0.4, -0.2) is 26.3 Å². The molecule has 1 N–H and O–H groups in total. The van der Waals surface area contributed by atoms with Crippen LogP contribution in [-0.2, 0) is 0 Å². The number of hydrogen-bond acceptors (Lipinski definition) is 5. The molecule has 3 rings (SSSR count). The number of halogens is 1. The van der Waals surface area contributed by atoms with Gasteiger partial charge >= 0.3 is 0 Å². The molecule has 1 heterocycles. The van der Waals surface area contributed by atoms with E-state index in [-0.39, 0.29) is 0 Å². The molecule has 0 atom stereocenters. The Balaban J connectivity index is 2.11. The zero-order valence-electron chi connectivity index (χ0n) is 14.5. The van der Waals surface area contributed by atoms with Crippen molar-refractivity contribution in [3.63, 3.8) is 0 Å². The summed E-state index contributed by atoms with van der Waals surface area (Å²) in [4.78, 5) is 4.58. The molecule has 6 heteroatoms. The zero-order chi connectivity index (χ0) is 18.0. The summed E-state index contributed by atoms with van der Waals surface area (Å²) < 4.78 is 17.2. The molecule has 0 fully saturated rings. The number of nitrogens with one attached hydrogen (secondary N) is 1. The van der Waals surface area contributed by atoms with Crippen molar-refractivity contribution in [1.82, 2.24) is 4.98 Å². The molecule has 0 aliphatic heterocycles. The average Bonchev–Trinajstić information content (AvgIpc) is 2.61. The monoisotopic (exact) mass is 402 g/mol. The lowest BCUT2D eigenvalue weighted by atomic mass is 10.1. The first kappa shape index (κ1) is 17.4. The molecule has 0 bridgehead atoms. The Morgan fingerprint density at radius 3 is 2.20 bits per heavy atom. The highest BCUT2D eigenvalue weighted by molar-refractivity contribution is 9.10. The standard InChI is InChI=1S/C19H19BrN2O3/c1-11-7-16(14-8-12(20)5-6-15(14)21-11)22-13-9-17(23-2)19(25-4)18(10-13)24-3/h5-10H,1-4H3,(H,21,22). The maximum atomic E-state index is 5.42. The Morgan fingerprint density at radius 2 is 1.60 bits per heavy atom. The van der Waals surface area contributed by atoms with Gasteiger partial charge in [0.2, 0.25) is 5.75 Å². The molecule has 0 aliphatic carbocycles. The van der Waals surface area contributed by atoms with Gasteiger partial charge < -0.3 is 19.5 Å². The minimum Gasteiger partial charge on any atom is -0.493 e. The molecule has 3 aromatic rings. The summed E-state index contributed by atoms with van der Waals surface area (Å²) in [7, 11) is 4.79. The zero-order valence-corrected chi connectivity index (χ0v) is 16.1. The van der Waals surface area contributed by atoms with E-state index in [1.54, 1.807) is 21.3 Å². The maximum Gasteiger partial charge on any atom is 0.203 e. The second-order valence-corrected chi connectivity index (χ2v) is 6.43. The highest BCUT2D eigenvalue weighted by atomic mass is 79.9. The number of aromatic nitrogens is 1. The Kier molecular flexibility index (Phi) is 4.99. The van der Waals surface area contributed by atoms with Gasteiger partial charge in [-0.3, -0.25) is 4.98 Å². The first-order valence-corrected chi connectivity index (χ1v) is 8.49. The van der Waals surface area contributed by atoms with Gasteiger partial charge in [-0.05, 0) is 31.2 Å². The first-order valence-electron chi connectivity index (χ1n) is 7.69. The predicted molar refractivity (Wildman–Crippen MR) is 104 cm³/mol. The van der Waals surface area contributed by atoms with Crippen molar-refractivity contribution in [3.05, 3.63) is 46.6 Å². The van der Waals surface area contributed by atoms with Gasteiger partial charge in [-0.1, -0.05) is 15.9 Å². The lowest BCUT2D eigenvalue weighted by Crippen LogP contribution is -1.99. The van der Waals surface area contributed by atoms with Crippen molar-refractivity contribution >= 4 is 38.2 Å². The molecule has 0 radical (unpaired) electrons. The number of pyridine rings is 1. The fourth-order valence-electron chi connectivity index (χ4n) is 2.74. The minimum absolute atomic E-state index is 0.564. The number of benzene rings is 2. The number of hydrogen-bond donors (Lipinski definition) is 1. The van der Waals surface area contributed by atoms with Crippen LogP contribution in [0.1, 0.15) is 5.69 Å². The highest BCUT2D eigenvalue weighted by Gasteiger charge is 2.14. The van der Waals surface area contributed by atoms with E-state index >= 15 is 0 Å². The second kappa shape index (κ2) is 7.19.